The second-order valence-corrected chi connectivity index (χ2v) is 5.41. The molecule has 0 unspecified atom stereocenters. The van der Waals surface area contributed by atoms with Gasteiger partial charge in [-0.2, -0.15) is 0 Å². The topological polar surface area (TPSA) is 68.5 Å². The van der Waals surface area contributed by atoms with E-state index in [-0.39, 0.29) is 12.4 Å². The molecule has 0 aliphatic carbocycles. The van der Waals surface area contributed by atoms with Crippen molar-refractivity contribution in [3.8, 4) is 0 Å². The third-order valence-electron chi connectivity index (χ3n) is 3.00. The number of esters is 1. The predicted octanol–water partition coefficient (Wildman–Crippen LogP) is 2.95. The lowest BCUT2D eigenvalue weighted by molar-refractivity contribution is -0.145. The van der Waals surface area contributed by atoms with E-state index >= 15 is 0 Å². The van der Waals surface area contributed by atoms with Gasteiger partial charge in [0.15, 0.2) is 5.76 Å². The van der Waals surface area contributed by atoms with Gasteiger partial charge in [0.25, 0.3) is 5.91 Å². The molecule has 0 aliphatic heterocycles. The molecule has 116 valence electrons. The molecule has 2 aromatic rings. The summed E-state index contributed by atoms with van der Waals surface area (Å²) in [6.07, 6.45) is 1.73. The highest BCUT2D eigenvalue weighted by molar-refractivity contribution is 9.10. The van der Waals surface area contributed by atoms with Crippen LogP contribution >= 0.6 is 15.9 Å². The van der Waals surface area contributed by atoms with E-state index in [2.05, 4.69) is 21.2 Å². The Morgan fingerprint density at radius 1 is 1.27 bits per heavy atom. The Morgan fingerprint density at radius 2 is 2.05 bits per heavy atom. The molecule has 2 rings (SSSR count). The SMILES string of the molecule is CCOC(=O)[C@@H](Cc1ccccc1Br)NC(=O)c1ccco1. The molecule has 0 radical (unpaired) electrons. The molecular weight excluding hydrogens is 350 g/mol. The lowest BCUT2D eigenvalue weighted by atomic mass is 10.1. The largest absolute Gasteiger partial charge is 0.464 e. The molecule has 5 nitrogen and oxygen atoms in total. The van der Waals surface area contributed by atoms with Crippen molar-refractivity contribution in [2.75, 3.05) is 6.61 Å². The van der Waals surface area contributed by atoms with Crippen LogP contribution in [0.5, 0.6) is 0 Å². The van der Waals surface area contributed by atoms with Crippen LogP contribution in [0.15, 0.2) is 51.6 Å². The number of amides is 1. The first-order valence-electron chi connectivity index (χ1n) is 6.86. The van der Waals surface area contributed by atoms with Gasteiger partial charge in [0.2, 0.25) is 0 Å². The summed E-state index contributed by atoms with van der Waals surface area (Å²) in [5.41, 5.74) is 0.903. The zero-order chi connectivity index (χ0) is 15.9. The molecule has 0 spiro atoms. The van der Waals surface area contributed by atoms with Crippen LogP contribution in [0.4, 0.5) is 0 Å². The summed E-state index contributed by atoms with van der Waals surface area (Å²) >= 11 is 3.43. The fourth-order valence-corrected chi connectivity index (χ4v) is 2.40. The molecule has 0 saturated heterocycles. The van der Waals surface area contributed by atoms with E-state index in [1.165, 1.54) is 12.3 Å². The third kappa shape index (κ3) is 4.21. The fraction of sp³-hybridized carbons (Fsp3) is 0.250. The van der Waals surface area contributed by atoms with Crippen molar-refractivity contribution in [3.63, 3.8) is 0 Å². The lowest BCUT2D eigenvalue weighted by Gasteiger charge is -2.17. The van der Waals surface area contributed by atoms with Crippen molar-refractivity contribution in [2.24, 2.45) is 0 Å². The first-order valence-corrected chi connectivity index (χ1v) is 7.65. The van der Waals surface area contributed by atoms with Gasteiger partial charge >= 0.3 is 5.97 Å². The average Bonchev–Trinajstić information content (AvgIpc) is 3.03. The molecule has 22 heavy (non-hydrogen) atoms. The van der Waals surface area contributed by atoms with Gasteiger partial charge in [0.05, 0.1) is 12.9 Å². The number of hydrogen-bond acceptors (Lipinski definition) is 4. The van der Waals surface area contributed by atoms with E-state index in [0.29, 0.717) is 6.42 Å². The Bertz CT molecular complexity index is 639. The summed E-state index contributed by atoms with van der Waals surface area (Å²) in [5.74, 6) is -0.769. The summed E-state index contributed by atoms with van der Waals surface area (Å²) in [5, 5.41) is 2.65. The fourth-order valence-electron chi connectivity index (χ4n) is 1.96. The molecule has 1 N–H and O–H groups in total. The minimum Gasteiger partial charge on any atom is -0.464 e. The summed E-state index contributed by atoms with van der Waals surface area (Å²) in [6.45, 7) is 1.98. The minimum absolute atomic E-state index is 0.154. The molecule has 1 amide bonds. The van der Waals surface area contributed by atoms with Gasteiger partial charge in [0.1, 0.15) is 6.04 Å². The Morgan fingerprint density at radius 3 is 2.68 bits per heavy atom. The van der Waals surface area contributed by atoms with Crippen molar-refractivity contribution < 1.29 is 18.7 Å². The van der Waals surface area contributed by atoms with Gasteiger partial charge in [-0.25, -0.2) is 4.79 Å². The number of ether oxygens (including phenoxy) is 1. The average molecular weight is 366 g/mol. The molecule has 1 heterocycles. The zero-order valence-corrected chi connectivity index (χ0v) is 13.6. The number of benzene rings is 1. The number of carbonyl (C=O) groups excluding carboxylic acids is 2. The molecule has 0 saturated carbocycles. The third-order valence-corrected chi connectivity index (χ3v) is 3.78. The Balaban J connectivity index is 2.14. The lowest BCUT2D eigenvalue weighted by Crippen LogP contribution is -2.43. The summed E-state index contributed by atoms with van der Waals surface area (Å²) in [4.78, 5) is 24.2. The van der Waals surface area contributed by atoms with Crippen LogP contribution in [0.3, 0.4) is 0 Å². The monoisotopic (exact) mass is 365 g/mol. The molecule has 1 atom stereocenters. The zero-order valence-electron chi connectivity index (χ0n) is 12.0. The number of hydrogen-bond donors (Lipinski definition) is 1. The van der Waals surface area contributed by atoms with E-state index in [1.54, 1.807) is 13.0 Å². The second-order valence-electron chi connectivity index (χ2n) is 4.55. The van der Waals surface area contributed by atoms with Crippen molar-refractivity contribution in [1.29, 1.82) is 0 Å². The van der Waals surface area contributed by atoms with Gasteiger partial charge in [-0.3, -0.25) is 4.79 Å². The highest BCUT2D eigenvalue weighted by atomic mass is 79.9. The molecule has 0 aliphatic rings. The molecular formula is C16H16BrNO4. The van der Waals surface area contributed by atoms with Crippen LogP contribution in [0.2, 0.25) is 0 Å². The first-order chi connectivity index (χ1) is 10.6. The number of furan rings is 1. The second kappa shape index (κ2) is 7.79. The number of rotatable bonds is 6. The van der Waals surface area contributed by atoms with Crippen LogP contribution in [-0.4, -0.2) is 24.5 Å². The summed E-state index contributed by atoms with van der Waals surface area (Å²) < 4.78 is 10.9. The van der Waals surface area contributed by atoms with Crippen molar-refractivity contribution in [1.82, 2.24) is 5.32 Å². The Hall–Kier alpha value is -2.08. The van der Waals surface area contributed by atoms with Crippen molar-refractivity contribution in [3.05, 3.63) is 58.5 Å². The van der Waals surface area contributed by atoms with E-state index < -0.39 is 17.9 Å². The van der Waals surface area contributed by atoms with Gasteiger partial charge < -0.3 is 14.5 Å². The Kier molecular flexibility index (Phi) is 5.77. The van der Waals surface area contributed by atoms with E-state index in [0.717, 1.165) is 10.0 Å². The minimum atomic E-state index is -0.781. The van der Waals surface area contributed by atoms with E-state index in [1.807, 2.05) is 24.3 Å². The maximum Gasteiger partial charge on any atom is 0.328 e. The van der Waals surface area contributed by atoms with Crippen molar-refractivity contribution in [2.45, 2.75) is 19.4 Å². The summed E-state index contributed by atoms with van der Waals surface area (Å²) in [7, 11) is 0. The maximum absolute atomic E-state index is 12.1. The highest BCUT2D eigenvalue weighted by Crippen LogP contribution is 2.18. The maximum atomic E-state index is 12.1. The van der Waals surface area contributed by atoms with Crippen LogP contribution in [0, 0.1) is 0 Å². The van der Waals surface area contributed by atoms with Crippen LogP contribution < -0.4 is 5.32 Å². The van der Waals surface area contributed by atoms with E-state index in [4.69, 9.17) is 9.15 Å². The normalized spacial score (nSPS) is 11.7. The molecule has 6 heteroatoms. The van der Waals surface area contributed by atoms with Crippen LogP contribution in [-0.2, 0) is 16.0 Å². The molecule has 1 aromatic heterocycles. The standard InChI is InChI=1S/C16H16BrNO4/c1-2-21-16(20)13(10-11-6-3-4-7-12(11)17)18-15(19)14-8-5-9-22-14/h3-9,13H,2,10H2,1H3,(H,18,19)/t13-/m1/s1. The quantitative estimate of drug-likeness (QED) is 0.799. The number of halogens is 1. The Labute approximate surface area is 136 Å². The summed E-state index contributed by atoms with van der Waals surface area (Å²) in [6, 6.07) is 9.89. The smallest absolute Gasteiger partial charge is 0.328 e. The van der Waals surface area contributed by atoms with Gasteiger partial charge in [-0.15, -0.1) is 0 Å². The number of nitrogens with one attached hydrogen (secondary N) is 1. The van der Waals surface area contributed by atoms with Crippen LogP contribution in [0.1, 0.15) is 23.0 Å². The predicted molar refractivity (Wildman–Crippen MR) is 84.4 cm³/mol. The molecule has 0 bridgehead atoms. The first kappa shape index (κ1) is 16.3. The van der Waals surface area contributed by atoms with E-state index in [9.17, 15) is 9.59 Å². The molecule has 0 fully saturated rings. The number of carbonyl (C=O) groups is 2. The van der Waals surface area contributed by atoms with Gasteiger partial charge in [-0.1, -0.05) is 34.1 Å². The van der Waals surface area contributed by atoms with Gasteiger partial charge in [0, 0.05) is 10.9 Å². The highest BCUT2D eigenvalue weighted by Gasteiger charge is 2.24. The molecule has 1 aromatic carbocycles. The van der Waals surface area contributed by atoms with Gasteiger partial charge in [-0.05, 0) is 30.7 Å². The van der Waals surface area contributed by atoms with Crippen molar-refractivity contribution >= 4 is 27.8 Å². The van der Waals surface area contributed by atoms with Crippen LogP contribution in [0.25, 0.3) is 0 Å².